The summed E-state index contributed by atoms with van der Waals surface area (Å²) in [5, 5.41) is 3.21. The van der Waals surface area contributed by atoms with E-state index in [-0.39, 0.29) is 0 Å². The molecule has 2 aromatic carbocycles. The molecular formula is C18H24OS. The highest BCUT2D eigenvalue weighted by Crippen LogP contribution is 2.25. The smallest absolute Gasteiger partial charge is 0.127 e. The van der Waals surface area contributed by atoms with Crippen LogP contribution in [0.3, 0.4) is 0 Å². The molecule has 0 saturated carbocycles. The van der Waals surface area contributed by atoms with Gasteiger partial charge in [0.25, 0.3) is 0 Å². The van der Waals surface area contributed by atoms with Gasteiger partial charge in [-0.15, -0.1) is 0 Å². The van der Waals surface area contributed by atoms with Crippen molar-refractivity contribution < 1.29 is 4.74 Å². The fourth-order valence-corrected chi connectivity index (χ4v) is 3.05. The molecule has 2 aromatic rings. The van der Waals surface area contributed by atoms with Crippen LogP contribution in [0.15, 0.2) is 42.5 Å². The van der Waals surface area contributed by atoms with Crippen LogP contribution >= 0.6 is 11.8 Å². The summed E-state index contributed by atoms with van der Waals surface area (Å²) < 4.78 is 5.94. The summed E-state index contributed by atoms with van der Waals surface area (Å²) in [7, 11) is 0. The second kappa shape index (κ2) is 8.21. The molecule has 108 valence electrons. The molecule has 1 nitrogen and oxygen atoms in total. The first-order valence-electron chi connectivity index (χ1n) is 7.49. The molecule has 0 bridgehead atoms. The molecule has 0 spiro atoms. The first-order chi connectivity index (χ1) is 9.77. The van der Waals surface area contributed by atoms with Gasteiger partial charge in [0.05, 0.1) is 6.61 Å². The topological polar surface area (TPSA) is 9.23 Å². The Kier molecular flexibility index (Phi) is 6.25. The van der Waals surface area contributed by atoms with E-state index in [0.29, 0.717) is 0 Å². The van der Waals surface area contributed by atoms with Crippen molar-refractivity contribution >= 4 is 22.5 Å². The van der Waals surface area contributed by atoms with Crippen molar-refractivity contribution in [1.82, 2.24) is 0 Å². The zero-order valence-electron chi connectivity index (χ0n) is 12.5. The summed E-state index contributed by atoms with van der Waals surface area (Å²) in [6.45, 7) is 5.34. The Morgan fingerprint density at radius 1 is 0.950 bits per heavy atom. The van der Waals surface area contributed by atoms with E-state index < -0.39 is 0 Å². The molecule has 0 heterocycles. The predicted octanol–water partition coefficient (Wildman–Crippen LogP) is 5.53. The average Bonchev–Trinajstić information content (AvgIpc) is 2.46. The van der Waals surface area contributed by atoms with Crippen molar-refractivity contribution in [3.8, 4) is 5.75 Å². The summed E-state index contributed by atoms with van der Waals surface area (Å²) >= 11 is 2.05. The molecule has 0 aliphatic carbocycles. The van der Waals surface area contributed by atoms with E-state index >= 15 is 0 Å². The second-order valence-corrected chi connectivity index (χ2v) is 6.99. The summed E-state index contributed by atoms with van der Waals surface area (Å²) in [4.78, 5) is 0. The van der Waals surface area contributed by atoms with Crippen LogP contribution < -0.4 is 4.74 Å². The first kappa shape index (κ1) is 15.2. The third kappa shape index (κ3) is 4.75. The van der Waals surface area contributed by atoms with Crippen LogP contribution in [0.5, 0.6) is 5.75 Å². The minimum atomic E-state index is 0.752. The number of benzene rings is 2. The predicted molar refractivity (Wildman–Crippen MR) is 90.9 cm³/mol. The normalized spacial score (nSPS) is 11.2. The zero-order valence-corrected chi connectivity index (χ0v) is 13.3. The van der Waals surface area contributed by atoms with Gasteiger partial charge < -0.3 is 4.74 Å². The van der Waals surface area contributed by atoms with E-state index in [9.17, 15) is 0 Å². The Labute approximate surface area is 126 Å². The molecule has 0 amide bonds. The maximum absolute atomic E-state index is 5.94. The van der Waals surface area contributed by atoms with Gasteiger partial charge in [0.2, 0.25) is 0 Å². The molecule has 0 aromatic heterocycles. The van der Waals surface area contributed by atoms with E-state index in [2.05, 4.69) is 56.3 Å². The molecule has 0 atom stereocenters. The molecule has 2 heteroatoms. The fraction of sp³-hybridized carbons (Fsp3) is 0.444. The van der Waals surface area contributed by atoms with Crippen LogP contribution in [0, 0.1) is 0 Å². The minimum Gasteiger partial charge on any atom is -0.493 e. The lowest BCUT2D eigenvalue weighted by molar-refractivity contribution is 0.310. The highest BCUT2D eigenvalue weighted by atomic mass is 32.2. The largest absolute Gasteiger partial charge is 0.493 e. The number of rotatable bonds is 8. The first-order valence-corrected chi connectivity index (χ1v) is 8.54. The summed E-state index contributed by atoms with van der Waals surface area (Å²) in [5.41, 5.74) is 0. The lowest BCUT2D eigenvalue weighted by Gasteiger charge is -2.09. The molecule has 20 heavy (non-hydrogen) atoms. The molecule has 0 fully saturated rings. The SMILES string of the molecule is CC(C)SCCCCCOc1cccc2ccccc12. The molecule has 0 N–H and O–H groups in total. The molecule has 0 radical (unpaired) electrons. The van der Waals surface area contributed by atoms with Crippen molar-refractivity contribution in [1.29, 1.82) is 0 Å². The Morgan fingerprint density at radius 2 is 1.75 bits per heavy atom. The second-order valence-electron chi connectivity index (χ2n) is 5.31. The quantitative estimate of drug-likeness (QED) is 0.591. The number of ether oxygens (including phenoxy) is 1. The summed E-state index contributed by atoms with van der Waals surface area (Å²) in [6, 6.07) is 14.7. The van der Waals surface area contributed by atoms with Gasteiger partial charge in [-0.2, -0.15) is 11.8 Å². The lowest BCUT2D eigenvalue weighted by atomic mass is 10.1. The monoisotopic (exact) mass is 288 g/mol. The molecule has 2 rings (SSSR count). The highest BCUT2D eigenvalue weighted by molar-refractivity contribution is 7.99. The molecule has 0 aliphatic heterocycles. The molecular weight excluding hydrogens is 264 g/mol. The third-order valence-electron chi connectivity index (χ3n) is 3.25. The van der Waals surface area contributed by atoms with Gasteiger partial charge in [-0.05, 0) is 41.7 Å². The number of hydrogen-bond donors (Lipinski definition) is 0. The number of unbranched alkanes of at least 4 members (excludes halogenated alkanes) is 2. The Bertz CT molecular complexity index is 516. The zero-order chi connectivity index (χ0) is 14.2. The van der Waals surface area contributed by atoms with Crippen LogP contribution in [0.25, 0.3) is 10.8 Å². The summed E-state index contributed by atoms with van der Waals surface area (Å²) in [6.07, 6.45) is 3.69. The Balaban J connectivity index is 1.73. The molecule has 0 unspecified atom stereocenters. The van der Waals surface area contributed by atoms with Gasteiger partial charge in [-0.25, -0.2) is 0 Å². The number of fused-ring (bicyclic) bond motifs is 1. The van der Waals surface area contributed by atoms with E-state index in [0.717, 1.165) is 24.0 Å². The standard InChI is InChI=1S/C18H24OS/c1-15(2)20-14-7-3-6-13-19-18-12-8-10-16-9-4-5-11-17(16)18/h4-5,8-12,15H,3,6-7,13-14H2,1-2H3. The minimum absolute atomic E-state index is 0.752. The third-order valence-corrected chi connectivity index (χ3v) is 4.44. The van der Waals surface area contributed by atoms with E-state index in [1.54, 1.807) is 0 Å². The fourth-order valence-electron chi connectivity index (χ4n) is 2.20. The van der Waals surface area contributed by atoms with Crippen LogP contribution in [-0.4, -0.2) is 17.6 Å². The van der Waals surface area contributed by atoms with Gasteiger partial charge in [-0.3, -0.25) is 0 Å². The van der Waals surface area contributed by atoms with E-state index in [1.165, 1.54) is 29.4 Å². The average molecular weight is 288 g/mol. The van der Waals surface area contributed by atoms with Crippen LogP contribution in [0.2, 0.25) is 0 Å². The van der Waals surface area contributed by atoms with Gasteiger partial charge in [0.1, 0.15) is 5.75 Å². The van der Waals surface area contributed by atoms with Gasteiger partial charge in [0, 0.05) is 5.39 Å². The van der Waals surface area contributed by atoms with Gasteiger partial charge >= 0.3 is 0 Å². The Morgan fingerprint density at radius 3 is 2.60 bits per heavy atom. The van der Waals surface area contributed by atoms with Crippen molar-refractivity contribution in [2.45, 2.75) is 38.4 Å². The van der Waals surface area contributed by atoms with Crippen LogP contribution in [0.4, 0.5) is 0 Å². The van der Waals surface area contributed by atoms with Gasteiger partial charge in [0.15, 0.2) is 0 Å². The van der Waals surface area contributed by atoms with Crippen molar-refractivity contribution in [2.24, 2.45) is 0 Å². The van der Waals surface area contributed by atoms with Crippen LogP contribution in [0.1, 0.15) is 33.1 Å². The Hall–Kier alpha value is -1.15. The highest BCUT2D eigenvalue weighted by Gasteiger charge is 2.01. The summed E-state index contributed by atoms with van der Waals surface area (Å²) in [5.74, 6) is 2.28. The van der Waals surface area contributed by atoms with E-state index in [4.69, 9.17) is 4.74 Å². The van der Waals surface area contributed by atoms with E-state index in [1.807, 2.05) is 11.8 Å². The molecule has 0 aliphatic rings. The maximum atomic E-state index is 5.94. The number of hydrogen-bond acceptors (Lipinski definition) is 2. The molecule has 0 saturated heterocycles. The van der Waals surface area contributed by atoms with Crippen LogP contribution in [-0.2, 0) is 0 Å². The maximum Gasteiger partial charge on any atom is 0.127 e. The van der Waals surface area contributed by atoms with Gasteiger partial charge in [-0.1, -0.05) is 50.2 Å². The van der Waals surface area contributed by atoms with Crippen molar-refractivity contribution in [2.75, 3.05) is 12.4 Å². The van der Waals surface area contributed by atoms with Crippen molar-refractivity contribution in [3.63, 3.8) is 0 Å². The number of thioether (sulfide) groups is 1. The van der Waals surface area contributed by atoms with Crippen molar-refractivity contribution in [3.05, 3.63) is 42.5 Å². The lowest BCUT2D eigenvalue weighted by Crippen LogP contribution is -1.98.